The lowest BCUT2D eigenvalue weighted by atomic mass is 9.95. The molecule has 1 aromatic heterocycles. The quantitative estimate of drug-likeness (QED) is 0.391. The molecule has 1 aliphatic heterocycles. The van der Waals surface area contributed by atoms with Crippen LogP contribution in [0.25, 0.3) is 5.76 Å². The second-order valence-corrected chi connectivity index (χ2v) is 7.22. The Morgan fingerprint density at radius 1 is 1.14 bits per heavy atom. The van der Waals surface area contributed by atoms with Crippen LogP contribution >= 0.6 is 11.3 Å². The topological polar surface area (TPSA) is 79.7 Å². The van der Waals surface area contributed by atoms with Crippen LogP contribution < -0.4 is 9.64 Å². The van der Waals surface area contributed by atoms with Crippen LogP contribution in [-0.2, 0) is 9.59 Å². The molecule has 0 radical (unpaired) electrons. The van der Waals surface area contributed by atoms with E-state index in [4.69, 9.17) is 4.74 Å². The maximum absolute atomic E-state index is 12.9. The third kappa shape index (κ3) is 3.40. The summed E-state index contributed by atoms with van der Waals surface area (Å²) in [5.41, 5.74) is 1.20. The third-order valence-electron chi connectivity index (χ3n) is 4.62. The second-order valence-electron chi connectivity index (χ2n) is 6.35. The Morgan fingerprint density at radius 3 is 2.48 bits per heavy atom. The third-order valence-corrected chi connectivity index (χ3v) is 5.39. The molecule has 1 saturated heterocycles. The molecule has 1 atom stereocenters. The number of Topliss-reactive ketones (excluding diaryl/α,β-unsaturated/α-hetero) is 1. The Balaban J connectivity index is 1.86. The first-order valence-corrected chi connectivity index (χ1v) is 9.98. The number of aliphatic hydroxyl groups is 1. The van der Waals surface area contributed by atoms with Gasteiger partial charge in [-0.1, -0.05) is 30.3 Å². The molecule has 1 N–H and O–H groups in total. The van der Waals surface area contributed by atoms with Gasteiger partial charge in [0.05, 0.1) is 18.2 Å². The number of aromatic nitrogens is 1. The predicted molar refractivity (Wildman–Crippen MR) is 111 cm³/mol. The second kappa shape index (κ2) is 7.89. The maximum atomic E-state index is 12.9. The number of rotatable bonds is 5. The van der Waals surface area contributed by atoms with Crippen LogP contribution in [0.4, 0.5) is 5.13 Å². The van der Waals surface area contributed by atoms with Gasteiger partial charge in [0, 0.05) is 17.1 Å². The molecule has 0 saturated carbocycles. The first-order chi connectivity index (χ1) is 14.1. The Labute approximate surface area is 171 Å². The summed E-state index contributed by atoms with van der Waals surface area (Å²) in [6.45, 7) is 2.41. The number of carbonyl (C=O) groups excluding carboxylic acids is 2. The van der Waals surface area contributed by atoms with Crippen molar-refractivity contribution in [3.05, 3.63) is 82.9 Å². The van der Waals surface area contributed by atoms with Gasteiger partial charge in [0.1, 0.15) is 11.5 Å². The van der Waals surface area contributed by atoms with Gasteiger partial charge in [-0.3, -0.25) is 14.5 Å². The Kier molecular flexibility index (Phi) is 5.14. The van der Waals surface area contributed by atoms with Crippen molar-refractivity contribution in [2.24, 2.45) is 0 Å². The van der Waals surface area contributed by atoms with E-state index in [-0.39, 0.29) is 11.3 Å². The van der Waals surface area contributed by atoms with E-state index in [0.717, 1.165) is 5.56 Å². The van der Waals surface area contributed by atoms with Crippen molar-refractivity contribution >= 4 is 33.9 Å². The van der Waals surface area contributed by atoms with Crippen LogP contribution in [-0.4, -0.2) is 28.4 Å². The van der Waals surface area contributed by atoms with Crippen molar-refractivity contribution in [1.82, 2.24) is 4.98 Å². The van der Waals surface area contributed by atoms with Crippen LogP contribution in [0.2, 0.25) is 0 Å². The van der Waals surface area contributed by atoms with Gasteiger partial charge in [0.25, 0.3) is 5.78 Å². The first kappa shape index (κ1) is 18.9. The fourth-order valence-electron chi connectivity index (χ4n) is 3.35. The van der Waals surface area contributed by atoms with Crippen LogP contribution in [0.15, 0.2) is 71.7 Å². The molecule has 0 bridgehead atoms. The van der Waals surface area contributed by atoms with Crippen molar-refractivity contribution < 1.29 is 19.4 Å². The summed E-state index contributed by atoms with van der Waals surface area (Å²) in [5.74, 6) is -1.01. The van der Waals surface area contributed by atoms with Crippen molar-refractivity contribution in [1.29, 1.82) is 0 Å². The minimum absolute atomic E-state index is 0.0422. The van der Waals surface area contributed by atoms with Crippen molar-refractivity contribution in [2.75, 3.05) is 11.5 Å². The van der Waals surface area contributed by atoms with E-state index < -0.39 is 17.7 Å². The predicted octanol–water partition coefficient (Wildman–Crippen LogP) is 4.17. The smallest absolute Gasteiger partial charge is 0.301 e. The van der Waals surface area contributed by atoms with Gasteiger partial charge in [-0.15, -0.1) is 11.3 Å². The van der Waals surface area contributed by atoms with E-state index in [0.29, 0.717) is 23.1 Å². The standard InChI is InChI=1S/C22H18N2O4S/c1-2-28-16-10-8-15(9-11-16)19(25)17-18(14-6-4-3-5-7-14)24(21(27)20(17)26)22-23-12-13-29-22/h3-13,18,25H,2H2,1H3/t18-/m0/s1. The van der Waals surface area contributed by atoms with Gasteiger partial charge < -0.3 is 9.84 Å². The van der Waals surface area contributed by atoms with E-state index in [1.807, 2.05) is 37.3 Å². The molecule has 2 heterocycles. The summed E-state index contributed by atoms with van der Waals surface area (Å²) in [5, 5.41) is 13.1. The largest absolute Gasteiger partial charge is 0.507 e. The number of hydrogen-bond acceptors (Lipinski definition) is 6. The van der Waals surface area contributed by atoms with Crippen LogP contribution in [0, 0.1) is 0 Å². The normalized spacial score (nSPS) is 18.2. The highest BCUT2D eigenvalue weighted by atomic mass is 32.1. The molecule has 1 aliphatic rings. The number of hydrogen-bond donors (Lipinski definition) is 1. The molecule has 3 aromatic rings. The minimum Gasteiger partial charge on any atom is -0.507 e. The number of anilines is 1. The lowest BCUT2D eigenvalue weighted by molar-refractivity contribution is -0.132. The Bertz CT molecular complexity index is 1060. The number of aliphatic hydroxyl groups excluding tert-OH is 1. The Hall–Kier alpha value is -3.45. The fourth-order valence-corrected chi connectivity index (χ4v) is 4.01. The maximum Gasteiger partial charge on any atom is 0.301 e. The zero-order valence-electron chi connectivity index (χ0n) is 15.6. The van der Waals surface area contributed by atoms with Gasteiger partial charge in [-0.05, 0) is 36.8 Å². The van der Waals surface area contributed by atoms with Crippen LogP contribution in [0.5, 0.6) is 5.75 Å². The monoisotopic (exact) mass is 406 g/mol. The van der Waals surface area contributed by atoms with Crippen molar-refractivity contribution in [3.8, 4) is 5.75 Å². The summed E-state index contributed by atoms with van der Waals surface area (Å²) < 4.78 is 5.43. The highest BCUT2D eigenvalue weighted by molar-refractivity contribution is 7.14. The van der Waals surface area contributed by atoms with E-state index in [9.17, 15) is 14.7 Å². The zero-order valence-corrected chi connectivity index (χ0v) is 16.4. The van der Waals surface area contributed by atoms with Crippen LogP contribution in [0.3, 0.4) is 0 Å². The number of thiazole rings is 1. The summed E-state index contributed by atoms with van der Waals surface area (Å²) >= 11 is 1.26. The summed E-state index contributed by atoms with van der Waals surface area (Å²) in [4.78, 5) is 31.3. The molecule has 0 aliphatic carbocycles. The molecular weight excluding hydrogens is 388 g/mol. The number of amides is 1. The van der Waals surface area contributed by atoms with Gasteiger partial charge in [-0.2, -0.15) is 0 Å². The number of nitrogens with zero attached hydrogens (tertiary/aromatic N) is 2. The fraction of sp³-hybridized carbons (Fsp3) is 0.136. The van der Waals surface area contributed by atoms with Gasteiger partial charge in [0.15, 0.2) is 5.13 Å². The van der Waals surface area contributed by atoms with Crippen LogP contribution in [0.1, 0.15) is 24.1 Å². The molecule has 1 amide bonds. The molecule has 2 aromatic carbocycles. The van der Waals surface area contributed by atoms with Gasteiger partial charge in [0.2, 0.25) is 0 Å². The van der Waals surface area contributed by atoms with E-state index >= 15 is 0 Å². The van der Waals surface area contributed by atoms with Gasteiger partial charge in [-0.25, -0.2) is 4.98 Å². The molecule has 4 rings (SSSR count). The Morgan fingerprint density at radius 2 is 1.86 bits per heavy atom. The summed E-state index contributed by atoms with van der Waals surface area (Å²) in [6, 6.07) is 15.2. The van der Waals surface area contributed by atoms with E-state index in [1.165, 1.54) is 16.2 Å². The number of carbonyl (C=O) groups is 2. The van der Waals surface area contributed by atoms with E-state index in [1.54, 1.807) is 35.8 Å². The summed E-state index contributed by atoms with van der Waals surface area (Å²) in [6.07, 6.45) is 1.58. The molecule has 1 fully saturated rings. The van der Waals surface area contributed by atoms with Crippen molar-refractivity contribution in [2.45, 2.75) is 13.0 Å². The molecule has 7 heteroatoms. The van der Waals surface area contributed by atoms with Crippen molar-refractivity contribution in [3.63, 3.8) is 0 Å². The highest BCUT2D eigenvalue weighted by Crippen LogP contribution is 2.42. The lowest BCUT2D eigenvalue weighted by Gasteiger charge is -2.22. The molecule has 146 valence electrons. The average Bonchev–Trinajstić information content (AvgIpc) is 3.36. The first-order valence-electron chi connectivity index (χ1n) is 9.10. The van der Waals surface area contributed by atoms with Gasteiger partial charge >= 0.3 is 5.91 Å². The highest BCUT2D eigenvalue weighted by Gasteiger charge is 2.47. The molecule has 0 unspecified atom stereocenters. The molecular formula is C22H18N2O4S. The lowest BCUT2D eigenvalue weighted by Crippen LogP contribution is -2.29. The average molecular weight is 406 g/mol. The SMILES string of the molecule is CCOc1ccc(C(O)=C2C(=O)C(=O)N(c3nccs3)[C@H]2c2ccccc2)cc1. The number of ether oxygens (including phenoxy) is 1. The zero-order chi connectivity index (χ0) is 20.4. The number of benzene rings is 2. The molecule has 29 heavy (non-hydrogen) atoms. The summed E-state index contributed by atoms with van der Waals surface area (Å²) in [7, 11) is 0. The minimum atomic E-state index is -0.756. The molecule has 6 nitrogen and oxygen atoms in total. The number of ketones is 1. The van der Waals surface area contributed by atoms with E-state index in [2.05, 4.69) is 4.98 Å². The molecule has 0 spiro atoms.